The summed E-state index contributed by atoms with van der Waals surface area (Å²) in [5.41, 5.74) is 2.04. The predicted molar refractivity (Wildman–Crippen MR) is 98.4 cm³/mol. The van der Waals surface area contributed by atoms with Gasteiger partial charge in [0.15, 0.2) is 0 Å². The van der Waals surface area contributed by atoms with E-state index in [2.05, 4.69) is 26.2 Å². The Hall–Kier alpha value is -3.73. The van der Waals surface area contributed by atoms with Crippen LogP contribution in [0.15, 0.2) is 55.2 Å². The minimum absolute atomic E-state index is 0.0114. The van der Waals surface area contributed by atoms with Crippen molar-refractivity contribution in [2.45, 2.75) is 0 Å². The molecule has 0 atom stereocenters. The highest BCUT2D eigenvalue weighted by molar-refractivity contribution is 5.95. The Morgan fingerprint density at radius 3 is 2.48 bits per heavy atom. The Labute approximate surface area is 156 Å². The molecule has 4 rings (SSSR count). The topological polar surface area (TPSA) is 90.9 Å². The van der Waals surface area contributed by atoms with Crippen molar-refractivity contribution >= 4 is 11.7 Å². The summed E-state index contributed by atoms with van der Waals surface area (Å²) in [5.74, 6) is 0.841. The van der Waals surface area contributed by atoms with Crippen LogP contribution in [0.1, 0.15) is 15.9 Å². The number of benzene rings is 1. The van der Waals surface area contributed by atoms with Gasteiger partial charge in [-0.05, 0) is 30.3 Å². The van der Waals surface area contributed by atoms with Gasteiger partial charge in [0.2, 0.25) is 0 Å². The van der Waals surface area contributed by atoms with Crippen LogP contribution >= 0.6 is 0 Å². The molecule has 1 amide bonds. The smallest absolute Gasteiger partial charge is 0.254 e. The molecule has 0 spiro atoms. The molecule has 27 heavy (non-hydrogen) atoms. The summed E-state index contributed by atoms with van der Waals surface area (Å²) < 4.78 is 1.77. The maximum absolute atomic E-state index is 12.9. The highest BCUT2D eigenvalue weighted by Gasteiger charge is 2.23. The third-order valence-electron chi connectivity index (χ3n) is 4.58. The van der Waals surface area contributed by atoms with Crippen LogP contribution < -0.4 is 4.90 Å². The van der Waals surface area contributed by atoms with Gasteiger partial charge in [0.05, 0.1) is 5.56 Å². The van der Waals surface area contributed by atoms with Crippen LogP contribution in [0.2, 0.25) is 0 Å². The molecule has 1 aliphatic heterocycles. The van der Waals surface area contributed by atoms with Crippen LogP contribution in [0, 0.1) is 11.3 Å². The van der Waals surface area contributed by atoms with Crippen LogP contribution in [-0.2, 0) is 0 Å². The van der Waals surface area contributed by atoms with Crippen molar-refractivity contribution in [3.63, 3.8) is 0 Å². The molecule has 0 aliphatic carbocycles. The lowest BCUT2D eigenvalue weighted by Crippen LogP contribution is -2.49. The number of hydrogen-bond acceptors (Lipinski definition) is 6. The van der Waals surface area contributed by atoms with Crippen LogP contribution in [0.4, 0.5) is 5.82 Å². The van der Waals surface area contributed by atoms with Crippen molar-refractivity contribution in [1.29, 1.82) is 5.26 Å². The number of pyridine rings is 1. The molecule has 0 N–H and O–H groups in total. The fraction of sp³-hybridized carbons (Fsp3) is 0.211. The molecule has 0 bridgehead atoms. The Balaban J connectivity index is 1.43. The molecule has 3 heterocycles. The summed E-state index contributed by atoms with van der Waals surface area (Å²) in [5, 5.41) is 16.5. The molecular weight excluding hydrogens is 342 g/mol. The first-order chi connectivity index (χ1) is 13.2. The number of rotatable bonds is 3. The fourth-order valence-electron chi connectivity index (χ4n) is 3.09. The van der Waals surface area contributed by atoms with Crippen LogP contribution in [0.3, 0.4) is 0 Å². The second-order valence-electron chi connectivity index (χ2n) is 6.22. The van der Waals surface area contributed by atoms with E-state index in [0.717, 1.165) is 11.5 Å². The largest absolute Gasteiger partial charge is 0.353 e. The number of hydrogen-bond donors (Lipinski definition) is 0. The molecule has 0 radical (unpaired) electrons. The summed E-state index contributed by atoms with van der Waals surface area (Å²) >= 11 is 0. The van der Waals surface area contributed by atoms with Crippen LogP contribution in [0.25, 0.3) is 5.69 Å². The molecule has 0 unspecified atom stereocenters. The van der Waals surface area contributed by atoms with E-state index in [0.29, 0.717) is 37.3 Å². The third-order valence-corrected chi connectivity index (χ3v) is 4.58. The van der Waals surface area contributed by atoms with E-state index in [4.69, 9.17) is 5.26 Å². The monoisotopic (exact) mass is 359 g/mol. The number of nitriles is 1. The fourth-order valence-corrected chi connectivity index (χ4v) is 3.09. The molecule has 8 heteroatoms. The SMILES string of the molecule is N#Cc1ccc(N2CCN(C(=O)c3cccc(-n4cnnc4)c3)CC2)nc1. The molecule has 1 aliphatic rings. The van der Waals surface area contributed by atoms with E-state index in [9.17, 15) is 4.79 Å². The number of nitrogens with zero attached hydrogens (tertiary/aromatic N) is 7. The zero-order valence-electron chi connectivity index (χ0n) is 14.6. The molecule has 2 aromatic heterocycles. The molecular formula is C19H17N7O. The van der Waals surface area contributed by atoms with Gasteiger partial charge in [-0.1, -0.05) is 6.07 Å². The number of carbonyl (C=O) groups excluding carboxylic acids is 1. The Kier molecular flexibility index (Phi) is 4.49. The highest BCUT2D eigenvalue weighted by atomic mass is 16.2. The Morgan fingerprint density at radius 2 is 1.81 bits per heavy atom. The summed E-state index contributed by atoms with van der Waals surface area (Å²) in [6.45, 7) is 2.65. The van der Waals surface area contributed by atoms with Crippen molar-refractivity contribution in [3.05, 3.63) is 66.4 Å². The minimum Gasteiger partial charge on any atom is -0.353 e. The van der Waals surface area contributed by atoms with Gasteiger partial charge in [-0.25, -0.2) is 4.98 Å². The summed E-state index contributed by atoms with van der Waals surface area (Å²) in [7, 11) is 0. The van der Waals surface area contributed by atoms with Gasteiger partial charge in [0.25, 0.3) is 5.91 Å². The third kappa shape index (κ3) is 3.48. The van der Waals surface area contributed by atoms with Gasteiger partial charge in [-0.2, -0.15) is 5.26 Å². The number of aromatic nitrogens is 4. The molecule has 1 saturated heterocycles. The molecule has 8 nitrogen and oxygen atoms in total. The maximum atomic E-state index is 12.9. The summed E-state index contributed by atoms with van der Waals surface area (Å²) in [4.78, 5) is 21.2. The van der Waals surface area contributed by atoms with Crippen LogP contribution in [0.5, 0.6) is 0 Å². The zero-order chi connectivity index (χ0) is 18.6. The number of piperazine rings is 1. The van der Waals surface area contributed by atoms with Crippen molar-refractivity contribution in [3.8, 4) is 11.8 Å². The predicted octanol–water partition coefficient (Wildman–Crippen LogP) is 1.50. The van der Waals surface area contributed by atoms with Gasteiger partial charge in [-0.15, -0.1) is 10.2 Å². The first kappa shape index (κ1) is 16.7. The van der Waals surface area contributed by atoms with Gasteiger partial charge in [-0.3, -0.25) is 9.36 Å². The molecule has 0 saturated carbocycles. The molecule has 1 fully saturated rings. The van der Waals surface area contributed by atoms with Gasteiger partial charge in [0, 0.05) is 43.6 Å². The average molecular weight is 359 g/mol. The van der Waals surface area contributed by atoms with Gasteiger partial charge < -0.3 is 9.80 Å². The zero-order valence-corrected chi connectivity index (χ0v) is 14.6. The second kappa shape index (κ2) is 7.25. The summed E-state index contributed by atoms with van der Waals surface area (Å²) in [6.07, 6.45) is 4.78. The first-order valence-corrected chi connectivity index (χ1v) is 8.60. The molecule has 3 aromatic rings. The number of anilines is 1. The quantitative estimate of drug-likeness (QED) is 0.704. The van der Waals surface area contributed by atoms with E-state index < -0.39 is 0 Å². The van der Waals surface area contributed by atoms with Gasteiger partial charge in [0.1, 0.15) is 24.5 Å². The second-order valence-corrected chi connectivity index (χ2v) is 6.22. The van der Waals surface area contributed by atoms with Gasteiger partial charge >= 0.3 is 0 Å². The minimum atomic E-state index is 0.0114. The van der Waals surface area contributed by atoms with E-state index >= 15 is 0 Å². The lowest BCUT2D eigenvalue weighted by Gasteiger charge is -2.35. The van der Waals surface area contributed by atoms with Crippen LogP contribution in [-0.4, -0.2) is 56.7 Å². The van der Waals surface area contributed by atoms with Crippen molar-refractivity contribution in [2.24, 2.45) is 0 Å². The van der Waals surface area contributed by atoms with E-state index in [-0.39, 0.29) is 5.91 Å². The first-order valence-electron chi connectivity index (χ1n) is 8.60. The molecule has 134 valence electrons. The Bertz CT molecular complexity index is 968. The Morgan fingerprint density at radius 1 is 1.04 bits per heavy atom. The van der Waals surface area contributed by atoms with E-state index in [1.165, 1.54) is 0 Å². The van der Waals surface area contributed by atoms with E-state index in [1.807, 2.05) is 35.2 Å². The van der Waals surface area contributed by atoms with E-state index in [1.54, 1.807) is 29.5 Å². The van der Waals surface area contributed by atoms with Crippen molar-refractivity contribution in [2.75, 3.05) is 31.1 Å². The average Bonchev–Trinajstić information content (AvgIpc) is 3.29. The van der Waals surface area contributed by atoms with Crippen molar-refractivity contribution in [1.82, 2.24) is 24.6 Å². The number of carbonyl (C=O) groups is 1. The normalized spacial score (nSPS) is 14.0. The highest BCUT2D eigenvalue weighted by Crippen LogP contribution is 2.17. The molecule has 1 aromatic carbocycles. The lowest BCUT2D eigenvalue weighted by molar-refractivity contribution is 0.0746. The standard InChI is InChI=1S/C19H17N7O/c20-11-15-4-5-18(21-12-15)24-6-8-25(9-7-24)19(27)16-2-1-3-17(10-16)26-13-22-23-14-26/h1-5,10,12-14H,6-9H2. The summed E-state index contributed by atoms with van der Waals surface area (Å²) in [6, 6.07) is 13.1. The maximum Gasteiger partial charge on any atom is 0.254 e. The lowest BCUT2D eigenvalue weighted by atomic mass is 10.1. The van der Waals surface area contributed by atoms with Crippen molar-refractivity contribution < 1.29 is 4.79 Å². The number of amides is 1.